The fourth-order valence-corrected chi connectivity index (χ4v) is 2.61. The molecule has 0 N–H and O–H groups in total. The van der Waals surface area contributed by atoms with Gasteiger partial charge in [0.2, 0.25) is 0 Å². The van der Waals surface area contributed by atoms with Crippen LogP contribution >= 0.6 is 11.3 Å². The molecule has 1 aromatic heterocycles. The van der Waals surface area contributed by atoms with Crippen molar-refractivity contribution >= 4 is 11.3 Å². The number of rotatable bonds is 2. The molecule has 3 heteroatoms. The molecule has 2 rings (SSSR count). The largest absolute Gasteiger partial charge is 0.496 e. The fourth-order valence-electron chi connectivity index (χ4n) is 1.73. The predicted octanol–water partition coefficient (Wildman–Crippen LogP) is 3.74. The first-order valence-electron chi connectivity index (χ1n) is 5.20. The molecule has 0 radical (unpaired) electrons. The van der Waals surface area contributed by atoms with Gasteiger partial charge in [0.1, 0.15) is 10.8 Å². The van der Waals surface area contributed by atoms with Crippen LogP contribution in [-0.2, 0) is 0 Å². The Hall–Kier alpha value is -1.35. The maximum Gasteiger partial charge on any atom is 0.123 e. The van der Waals surface area contributed by atoms with E-state index in [1.165, 1.54) is 16.7 Å². The molecule has 0 aliphatic rings. The Balaban J connectivity index is 2.55. The minimum Gasteiger partial charge on any atom is -0.496 e. The second-order valence-electron chi connectivity index (χ2n) is 3.86. The summed E-state index contributed by atoms with van der Waals surface area (Å²) < 4.78 is 5.30. The highest BCUT2D eigenvalue weighted by Gasteiger charge is 2.10. The molecule has 0 bridgehead atoms. The quantitative estimate of drug-likeness (QED) is 0.788. The Morgan fingerprint density at radius 3 is 2.44 bits per heavy atom. The number of hydrogen-bond acceptors (Lipinski definition) is 3. The van der Waals surface area contributed by atoms with E-state index in [-0.39, 0.29) is 0 Å². The van der Waals surface area contributed by atoms with Crippen molar-refractivity contribution in [2.75, 3.05) is 7.11 Å². The van der Waals surface area contributed by atoms with Crippen LogP contribution in [0.3, 0.4) is 0 Å². The minimum absolute atomic E-state index is 0.939. The van der Waals surface area contributed by atoms with Crippen LogP contribution in [0.5, 0.6) is 5.75 Å². The normalized spacial score (nSPS) is 10.5. The Kier molecular flexibility index (Phi) is 2.97. The summed E-state index contributed by atoms with van der Waals surface area (Å²) in [7, 11) is 1.70. The number of thiazole rings is 1. The first-order valence-corrected chi connectivity index (χ1v) is 6.08. The summed E-state index contributed by atoms with van der Waals surface area (Å²) in [6, 6.07) is 4.09. The van der Waals surface area contributed by atoms with Gasteiger partial charge in [-0.05, 0) is 44.0 Å². The van der Waals surface area contributed by atoms with E-state index in [9.17, 15) is 0 Å². The molecule has 1 aromatic carbocycles. The van der Waals surface area contributed by atoms with Gasteiger partial charge in [-0.3, -0.25) is 0 Å². The highest BCUT2D eigenvalue weighted by Crippen LogP contribution is 2.32. The van der Waals surface area contributed by atoms with Crippen molar-refractivity contribution in [2.24, 2.45) is 0 Å². The van der Waals surface area contributed by atoms with Crippen LogP contribution < -0.4 is 4.74 Å². The summed E-state index contributed by atoms with van der Waals surface area (Å²) in [5.41, 5.74) is 4.71. The Labute approximate surface area is 99.9 Å². The first-order chi connectivity index (χ1) is 7.63. The first kappa shape index (κ1) is 11.1. The Morgan fingerprint density at radius 2 is 1.88 bits per heavy atom. The van der Waals surface area contributed by atoms with Crippen LogP contribution in [0.1, 0.15) is 16.8 Å². The molecule has 0 saturated heterocycles. The third kappa shape index (κ3) is 1.83. The second-order valence-corrected chi connectivity index (χ2v) is 4.72. The van der Waals surface area contributed by atoms with E-state index in [2.05, 4.69) is 30.3 Å². The lowest BCUT2D eigenvalue weighted by atomic mass is 10.0. The van der Waals surface area contributed by atoms with Crippen LogP contribution in [0.15, 0.2) is 17.5 Å². The third-order valence-corrected chi connectivity index (χ3v) is 3.80. The molecule has 0 unspecified atom stereocenters. The van der Waals surface area contributed by atoms with Crippen molar-refractivity contribution in [3.05, 3.63) is 34.3 Å². The molecule has 2 aromatic rings. The van der Waals surface area contributed by atoms with Gasteiger partial charge in [-0.1, -0.05) is 0 Å². The molecule has 16 heavy (non-hydrogen) atoms. The Bertz CT molecular complexity index is 517. The van der Waals surface area contributed by atoms with Gasteiger partial charge < -0.3 is 4.74 Å². The average molecular weight is 233 g/mol. The van der Waals surface area contributed by atoms with Crippen LogP contribution in [-0.4, -0.2) is 12.1 Å². The summed E-state index contributed by atoms with van der Waals surface area (Å²) in [6.45, 7) is 6.22. The number of aromatic nitrogens is 1. The van der Waals surface area contributed by atoms with Crippen molar-refractivity contribution < 1.29 is 4.74 Å². The Morgan fingerprint density at radius 1 is 1.12 bits per heavy atom. The van der Waals surface area contributed by atoms with Gasteiger partial charge in [0.25, 0.3) is 0 Å². The molecule has 2 nitrogen and oxygen atoms in total. The summed E-state index contributed by atoms with van der Waals surface area (Å²) in [5, 5.41) is 3.16. The number of ether oxygens (including phenoxy) is 1. The van der Waals surface area contributed by atoms with E-state index in [0.717, 1.165) is 16.5 Å². The number of aryl methyl sites for hydroxylation is 1. The molecule has 0 atom stereocenters. The van der Waals surface area contributed by atoms with Gasteiger partial charge in [-0.15, -0.1) is 11.3 Å². The third-order valence-electron chi connectivity index (χ3n) is 2.81. The second kappa shape index (κ2) is 4.26. The molecule has 0 spiro atoms. The zero-order valence-corrected chi connectivity index (χ0v) is 10.8. The highest BCUT2D eigenvalue weighted by atomic mass is 32.1. The molecular formula is C13H15NOS. The summed E-state index contributed by atoms with van der Waals surface area (Å²) >= 11 is 1.69. The van der Waals surface area contributed by atoms with Crippen LogP contribution in [0, 0.1) is 20.8 Å². The van der Waals surface area contributed by atoms with E-state index in [1.54, 1.807) is 18.4 Å². The van der Waals surface area contributed by atoms with E-state index in [0.29, 0.717) is 0 Å². The molecule has 0 fully saturated rings. The topological polar surface area (TPSA) is 22.1 Å². The van der Waals surface area contributed by atoms with Crippen LogP contribution in [0.4, 0.5) is 0 Å². The standard InChI is InChI=1S/C13H15NOS/c1-8-7-16-13(14-8)11-5-6-12(15-4)10(3)9(11)2/h5-7H,1-4H3. The lowest BCUT2D eigenvalue weighted by Crippen LogP contribution is -1.92. The zero-order chi connectivity index (χ0) is 11.7. The average Bonchev–Trinajstić information content (AvgIpc) is 2.69. The molecule has 1 heterocycles. The smallest absolute Gasteiger partial charge is 0.123 e. The monoisotopic (exact) mass is 233 g/mol. The minimum atomic E-state index is 0.939. The van der Waals surface area contributed by atoms with E-state index < -0.39 is 0 Å². The van der Waals surface area contributed by atoms with Gasteiger partial charge in [-0.2, -0.15) is 0 Å². The molecule has 0 aliphatic carbocycles. The highest BCUT2D eigenvalue weighted by molar-refractivity contribution is 7.13. The number of hydrogen-bond donors (Lipinski definition) is 0. The number of benzene rings is 1. The molecular weight excluding hydrogens is 218 g/mol. The van der Waals surface area contributed by atoms with Crippen molar-refractivity contribution in [1.82, 2.24) is 4.98 Å². The predicted molar refractivity (Wildman–Crippen MR) is 68.3 cm³/mol. The summed E-state index contributed by atoms with van der Waals surface area (Å²) in [4.78, 5) is 4.52. The van der Waals surface area contributed by atoms with Gasteiger partial charge >= 0.3 is 0 Å². The van der Waals surface area contributed by atoms with E-state index in [4.69, 9.17) is 4.74 Å². The van der Waals surface area contributed by atoms with Crippen molar-refractivity contribution in [1.29, 1.82) is 0 Å². The molecule has 0 aliphatic heterocycles. The lowest BCUT2D eigenvalue weighted by molar-refractivity contribution is 0.411. The van der Waals surface area contributed by atoms with E-state index >= 15 is 0 Å². The van der Waals surface area contributed by atoms with Gasteiger partial charge in [0.05, 0.1) is 7.11 Å². The summed E-state index contributed by atoms with van der Waals surface area (Å²) in [5.74, 6) is 0.939. The SMILES string of the molecule is COc1ccc(-c2nc(C)cs2)c(C)c1C. The maximum absolute atomic E-state index is 5.30. The number of methoxy groups -OCH3 is 1. The van der Waals surface area contributed by atoms with Crippen molar-refractivity contribution in [3.63, 3.8) is 0 Å². The van der Waals surface area contributed by atoms with Crippen molar-refractivity contribution in [2.45, 2.75) is 20.8 Å². The number of nitrogens with zero attached hydrogens (tertiary/aromatic N) is 1. The molecule has 84 valence electrons. The lowest BCUT2D eigenvalue weighted by Gasteiger charge is -2.10. The van der Waals surface area contributed by atoms with Crippen LogP contribution in [0.2, 0.25) is 0 Å². The fraction of sp³-hybridized carbons (Fsp3) is 0.308. The van der Waals surface area contributed by atoms with Crippen molar-refractivity contribution in [3.8, 4) is 16.3 Å². The van der Waals surface area contributed by atoms with Gasteiger partial charge in [0, 0.05) is 16.6 Å². The molecule has 0 amide bonds. The maximum atomic E-state index is 5.30. The summed E-state index contributed by atoms with van der Waals surface area (Å²) in [6.07, 6.45) is 0. The van der Waals surface area contributed by atoms with Crippen LogP contribution in [0.25, 0.3) is 10.6 Å². The van der Waals surface area contributed by atoms with Gasteiger partial charge in [0.15, 0.2) is 0 Å². The van der Waals surface area contributed by atoms with Gasteiger partial charge in [-0.25, -0.2) is 4.98 Å². The zero-order valence-electron chi connectivity index (χ0n) is 10.00. The van der Waals surface area contributed by atoms with E-state index in [1.807, 2.05) is 13.0 Å². The molecule has 0 saturated carbocycles.